The van der Waals surface area contributed by atoms with Crippen LogP contribution in [-0.2, 0) is 22.2 Å². The fourth-order valence-corrected chi connectivity index (χ4v) is 2.52. The van der Waals surface area contributed by atoms with Crippen LogP contribution in [-0.4, -0.2) is 23.3 Å². The van der Waals surface area contributed by atoms with Crippen molar-refractivity contribution in [1.82, 2.24) is 10.3 Å². The summed E-state index contributed by atoms with van der Waals surface area (Å²) in [5.74, 6) is -0.952. The number of hydrogen-bond donors (Lipinski definition) is 2. The molecule has 0 spiro atoms. The van der Waals surface area contributed by atoms with Crippen molar-refractivity contribution >= 4 is 29.1 Å². The number of pyridine rings is 1. The molecule has 0 saturated carbocycles. The Balaban J connectivity index is 1.76. The van der Waals surface area contributed by atoms with Gasteiger partial charge in [0.15, 0.2) is 0 Å². The van der Waals surface area contributed by atoms with Crippen molar-refractivity contribution in [2.45, 2.75) is 25.4 Å². The summed E-state index contributed by atoms with van der Waals surface area (Å²) < 4.78 is 38.4. The zero-order valence-corrected chi connectivity index (χ0v) is 14.9. The molecule has 1 aromatic heterocycles. The Morgan fingerprint density at radius 2 is 1.93 bits per heavy atom. The summed E-state index contributed by atoms with van der Waals surface area (Å²) in [5.41, 5.74) is -0.0878. The van der Waals surface area contributed by atoms with Gasteiger partial charge in [-0.15, -0.1) is 0 Å². The van der Waals surface area contributed by atoms with Crippen LogP contribution in [0.3, 0.4) is 0 Å². The molecule has 0 aliphatic carbocycles. The van der Waals surface area contributed by atoms with Crippen molar-refractivity contribution in [1.29, 1.82) is 0 Å². The van der Waals surface area contributed by atoms with Crippen LogP contribution in [0.2, 0.25) is 5.02 Å². The van der Waals surface area contributed by atoms with Crippen LogP contribution in [0, 0.1) is 0 Å². The number of nitrogens with one attached hydrogen (secondary N) is 2. The molecule has 9 heteroatoms. The number of aryl methyl sites for hydroxylation is 1. The number of carbonyl (C=O) groups is 2. The molecule has 2 rings (SSSR count). The van der Waals surface area contributed by atoms with Crippen LogP contribution in [0.15, 0.2) is 42.7 Å². The Morgan fingerprint density at radius 1 is 1.15 bits per heavy atom. The zero-order valence-electron chi connectivity index (χ0n) is 14.1. The third-order valence-electron chi connectivity index (χ3n) is 3.59. The first kappa shape index (κ1) is 20.7. The van der Waals surface area contributed by atoms with Crippen molar-refractivity contribution in [3.05, 3.63) is 58.9 Å². The molecule has 2 aromatic rings. The van der Waals surface area contributed by atoms with E-state index in [2.05, 4.69) is 15.6 Å². The zero-order chi connectivity index (χ0) is 19.9. The number of nitrogens with zero attached hydrogens (tertiary/aromatic N) is 1. The molecule has 144 valence electrons. The topological polar surface area (TPSA) is 71.1 Å². The van der Waals surface area contributed by atoms with E-state index in [9.17, 15) is 22.8 Å². The van der Waals surface area contributed by atoms with Crippen molar-refractivity contribution < 1.29 is 22.8 Å². The minimum Gasteiger partial charge on any atom is -0.347 e. The molecule has 0 atom stereocenters. The van der Waals surface area contributed by atoms with Gasteiger partial charge in [0.05, 0.1) is 17.1 Å². The monoisotopic (exact) mass is 399 g/mol. The molecule has 1 heterocycles. The second-order valence-corrected chi connectivity index (χ2v) is 6.14. The fourth-order valence-electron chi connectivity index (χ4n) is 2.29. The number of aromatic nitrogens is 1. The molecule has 0 aliphatic heterocycles. The van der Waals surface area contributed by atoms with E-state index in [1.165, 1.54) is 6.07 Å². The predicted octanol–water partition coefficient (Wildman–Crippen LogP) is 3.83. The van der Waals surface area contributed by atoms with Gasteiger partial charge in [0.25, 0.3) is 0 Å². The van der Waals surface area contributed by atoms with Gasteiger partial charge in [-0.25, -0.2) is 0 Å². The summed E-state index contributed by atoms with van der Waals surface area (Å²) >= 11 is 5.52. The standard InChI is InChI=1S/C18H17ClF3N3O2/c19-15-7-6-13(9-14(15)18(20,21)22)25-17(27)11-24-16(26)5-1-3-12-4-2-8-23-10-12/h2,4,6-10H,1,3,5,11H2,(H,24,26)(H,25,27). The SMILES string of the molecule is O=C(CCCc1cccnc1)NCC(=O)Nc1ccc(Cl)c(C(F)(F)F)c1. The maximum Gasteiger partial charge on any atom is 0.417 e. The third-order valence-corrected chi connectivity index (χ3v) is 3.92. The lowest BCUT2D eigenvalue weighted by Crippen LogP contribution is -2.32. The molecular weight excluding hydrogens is 383 g/mol. The lowest BCUT2D eigenvalue weighted by atomic mass is 10.1. The van der Waals surface area contributed by atoms with Crippen molar-refractivity contribution in [2.24, 2.45) is 0 Å². The normalized spacial score (nSPS) is 11.1. The summed E-state index contributed by atoms with van der Waals surface area (Å²) in [4.78, 5) is 27.5. The first-order chi connectivity index (χ1) is 12.8. The van der Waals surface area contributed by atoms with E-state index in [0.717, 1.165) is 17.7 Å². The summed E-state index contributed by atoms with van der Waals surface area (Å²) in [6.07, 6.45) is 0.241. The second-order valence-electron chi connectivity index (χ2n) is 5.73. The van der Waals surface area contributed by atoms with E-state index in [1.807, 2.05) is 6.07 Å². The van der Waals surface area contributed by atoms with Gasteiger partial charge in [-0.3, -0.25) is 14.6 Å². The van der Waals surface area contributed by atoms with Gasteiger partial charge in [0, 0.05) is 24.5 Å². The van der Waals surface area contributed by atoms with E-state index in [1.54, 1.807) is 18.5 Å². The Morgan fingerprint density at radius 3 is 2.59 bits per heavy atom. The number of benzene rings is 1. The minimum atomic E-state index is -4.62. The van der Waals surface area contributed by atoms with Gasteiger partial charge in [0.1, 0.15) is 0 Å². The summed E-state index contributed by atoms with van der Waals surface area (Å²) in [5, 5.41) is 4.27. The predicted molar refractivity (Wildman–Crippen MR) is 95.3 cm³/mol. The Kier molecular flexibility index (Phi) is 7.18. The molecule has 2 amide bonds. The number of amides is 2. The lowest BCUT2D eigenvalue weighted by molar-refractivity contribution is -0.137. The van der Waals surface area contributed by atoms with E-state index in [-0.39, 0.29) is 24.6 Å². The van der Waals surface area contributed by atoms with Gasteiger partial charge in [-0.1, -0.05) is 17.7 Å². The number of halogens is 4. The minimum absolute atomic E-state index is 0.0532. The highest BCUT2D eigenvalue weighted by atomic mass is 35.5. The Hall–Kier alpha value is -2.61. The van der Waals surface area contributed by atoms with Crippen molar-refractivity contribution in [2.75, 3.05) is 11.9 Å². The first-order valence-electron chi connectivity index (χ1n) is 8.08. The fraction of sp³-hybridized carbons (Fsp3) is 0.278. The number of hydrogen-bond acceptors (Lipinski definition) is 3. The maximum atomic E-state index is 12.8. The van der Waals surface area contributed by atoms with Crippen molar-refractivity contribution in [3.63, 3.8) is 0 Å². The summed E-state index contributed by atoms with van der Waals surface area (Å²) in [7, 11) is 0. The highest BCUT2D eigenvalue weighted by Gasteiger charge is 2.33. The largest absolute Gasteiger partial charge is 0.417 e. The Bertz CT molecular complexity index is 798. The molecule has 5 nitrogen and oxygen atoms in total. The van der Waals surface area contributed by atoms with Gasteiger partial charge >= 0.3 is 6.18 Å². The van der Waals surface area contributed by atoms with Crippen LogP contribution < -0.4 is 10.6 Å². The summed E-state index contributed by atoms with van der Waals surface area (Å²) in [6, 6.07) is 6.76. The average molecular weight is 400 g/mol. The second kappa shape index (κ2) is 9.36. The van der Waals surface area contributed by atoms with E-state index in [0.29, 0.717) is 12.8 Å². The number of alkyl halides is 3. The highest BCUT2D eigenvalue weighted by Crippen LogP contribution is 2.36. The molecule has 2 N–H and O–H groups in total. The molecular formula is C18H17ClF3N3O2. The number of anilines is 1. The van der Waals surface area contributed by atoms with Crippen LogP contribution in [0.4, 0.5) is 18.9 Å². The molecule has 0 saturated heterocycles. The number of rotatable bonds is 7. The van der Waals surface area contributed by atoms with E-state index >= 15 is 0 Å². The van der Waals surface area contributed by atoms with Crippen molar-refractivity contribution in [3.8, 4) is 0 Å². The van der Waals surface area contributed by atoms with Crippen LogP contribution >= 0.6 is 11.6 Å². The lowest BCUT2D eigenvalue weighted by Gasteiger charge is -2.12. The third kappa shape index (κ3) is 6.90. The maximum absolute atomic E-state index is 12.8. The molecule has 0 aliphatic rings. The smallest absolute Gasteiger partial charge is 0.347 e. The number of carbonyl (C=O) groups excluding carboxylic acids is 2. The molecule has 0 bridgehead atoms. The molecule has 1 aromatic carbocycles. The van der Waals surface area contributed by atoms with Gasteiger partial charge < -0.3 is 10.6 Å². The van der Waals surface area contributed by atoms with Crippen LogP contribution in [0.1, 0.15) is 24.0 Å². The first-order valence-corrected chi connectivity index (χ1v) is 8.45. The highest BCUT2D eigenvalue weighted by molar-refractivity contribution is 6.31. The van der Waals surface area contributed by atoms with E-state index in [4.69, 9.17) is 11.6 Å². The van der Waals surface area contributed by atoms with E-state index < -0.39 is 22.7 Å². The molecule has 0 radical (unpaired) electrons. The van der Waals surface area contributed by atoms with Crippen LogP contribution in [0.5, 0.6) is 0 Å². The summed E-state index contributed by atoms with van der Waals surface area (Å²) in [6.45, 7) is -0.338. The quantitative estimate of drug-likeness (QED) is 0.743. The Labute approximate surface area is 158 Å². The van der Waals surface area contributed by atoms with Gasteiger partial charge in [-0.05, 0) is 42.7 Å². The molecule has 27 heavy (non-hydrogen) atoms. The molecule has 0 unspecified atom stereocenters. The average Bonchev–Trinajstić information content (AvgIpc) is 2.61. The molecule has 0 fully saturated rings. The van der Waals surface area contributed by atoms with Gasteiger partial charge in [-0.2, -0.15) is 13.2 Å². The van der Waals surface area contributed by atoms with Gasteiger partial charge in [0.2, 0.25) is 11.8 Å². The van der Waals surface area contributed by atoms with Crippen LogP contribution in [0.25, 0.3) is 0 Å².